The predicted octanol–water partition coefficient (Wildman–Crippen LogP) is 4.22. The van der Waals surface area contributed by atoms with Crippen LogP contribution in [-0.4, -0.2) is 49.0 Å². The third-order valence-electron chi connectivity index (χ3n) is 5.36. The number of benzene rings is 2. The number of ether oxygens (including phenoxy) is 1. The van der Waals surface area contributed by atoms with Crippen LogP contribution in [0.1, 0.15) is 20.3 Å². The van der Waals surface area contributed by atoms with E-state index in [0.29, 0.717) is 6.61 Å². The highest BCUT2D eigenvalue weighted by Crippen LogP contribution is 2.26. The summed E-state index contributed by atoms with van der Waals surface area (Å²) in [6, 6.07) is 18.4. The van der Waals surface area contributed by atoms with Crippen LogP contribution in [-0.2, 0) is 0 Å². The molecule has 3 heteroatoms. The second-order valence-corrected chi connectivity index (χ2v) is 8.47. The molecule has 0 spiro atoms. The summed E-state index contributed by atoms with van der Waals surface area (Å²) in [5, 5.41) is 10.5. The zero-order chi connectivity index (χ0) is 18.6. The fourth-order valence-electron chi connectivity index (χ4n) is 4.69. The molecule has 140 valence electrons. The average Bonchev–Trinajstić information content (AvgIpc) is 2.59. The van der Waals surface area contributed by atoms with Gasteiger partial charge in [-0.05, 0) is 29.7 Å². The van der Waals surface area contributed by atoms with E-state index in [1.54, 1.807) is 0 Å². The number of piperidine rings is 1. The Bertz CT molecular complexity index is 673. The standard InChI is InChI=1S/C23H32NO2/c1-18-13-19(2)15-24(3,14-18)16-22(25)17-26-23-11-9-21(10-12-23)20-7-5-4-6-8-20/h4-12,18-19,22,25H,13-17H2,1-3H3/q+1. The Morgan fingerprint density at radius 2 is 1.54 bits per heavy atom. The highest BCUT2D eigenvalue weighted by Gasteiger charge is 2.34. The minimum absolute atomic E-state index is 0.348. The first-order valence-corrected chi connectivity index (χ1v) is 9.73. The summed E-state index contributed by atoms with van der Waals surface area (Å²) in [7, 11) is 2.27. The summed E-state index contributed by atoms with van der Waals surface area (Å²) >= 11 is 0. The Hall–Kier alpha value is -1.84. The lowest BCUT2D eigenvalue weighted by Crippen LogP contribution is -2.57. The molecule has 1 N–H and O–H groups in total. The van der Waals surface area contributed by atoms with Gasteiger partial charge < -0.3 is 14.3 Å². The number of hydrogen-bond donors (Lipinski definition) is 1. The molecule has 3 nitrogen and oxygen atoms in total. The van der Waals surface area contributed by atoms with Gasteiger partial charge in [-0.3, -0.25) is 0 Å². The minimum atomic E-state index is -0.439. The van der Waals surface area contributed by atoms with Crippen LogP contribution in [0.2, 0.25) is 0 Å². The van der Waals surface area contributed by atoms with Gasteiger partial charge in [0, 0.05) is 11.8 Å². The lowest BCUT2D eigenvalue weighted by Gasteiger charge is -2.44. The van der Waals surface area contributed by atoms with Crippen molar-refractivity contribution >= 4 is 0 Å². The van der Waals surface area contributed by atoms with Crippen LogP contribution in [0.15, 0.2) is 54.6 Å². The summed E-state index contributed by atoms with van der Waals surface area (Å²) < 4.78 is 6.78. The molecular weight excluding hydrogens is 322 g/mol. The van der Waals surface area contributed by atoms with Crippen LogP contribution in [0.5, 0.6) is 5.75 Å². The normalized spacial score (nSPS) is 27.1. The molecule has 2 aromatic rings. The first-order chi connectivity index (χ1) is 12.4. The molecule has 1 saturated heterocycles. The second-order valence-electron chi connectivity index (χ2n) is 8.47. The predicted molar refractivity (Wildman–Crippen MR) is 107 cm³/mol. The van der Waals surface area contributed by atoms with Gasteiger partial charge in [0.25, 0.3) is 0 Å². The van der Waals surface area contributed by atoms with Crippen molar-refractivity contribution in [3.05, 3.63) is 54.6 Å². The molecule has 0 bridgehead atoms. The zero-order valence-corrected chi connectivity index (χ0v) is 16.3. The number of aliphatic hydroxyl groups is 1. The molecule has 0 aliphatic carbocycles. The third kappa shape index (κ3) is 5.09. The first kappa shape index (κ1) is 18.9. The Labute approximate surface area is 157 Å². The quantitative estimate of drug-likeness (QED) is 0.787. The van der Waals surface area contributed by atoms with Crippen LogP contribution in [0.3, 0.4) is 0 Å². The summed E-state index contributed by atoms with van der Waals surface area (Å²) in [5.74, 6) is 2.26. The van der Waals surface area contributed by atoms with E-state index in [1.807, 2.05) is 30.3 Å². The Kier molecular flexibility index (Phi) is 6.00. The maximum atomic E-state index is 10.5. The molecular formula is C23H32NO2+. The van der Waals surface area contributed by atoms with Crippen molar-refractivity contribution in [1.82, 2.24) is 0 Å². The summed E-state index contributed by atoms with van der Waals surface area (Å²) in [6.07, 6.45) is 0.861. The SMILES string of the molecule is CC1CC(C)C[N+](C)(CC(O)COc2ccc(-c3ccccc3)cc2)C1. The summed E-state index contributed by atoms with van der Waals surface area (Å²) in [5.41, 5.74) is 2.37. The van der Waals surface area contributed by atoms with E-state index in [9.17, 15) is 5.11 Å². The second kappa shape index (κ2) is 8.24. The average molecular weight is 355 g/mol. The van der Waals surface area contributed by atoms with Crippen molar-refractivity contribution in [3.8, 4) is 16.9 Å². The van der Waals surface area contributed by atoms with Gasteiger partial charge in [-0.15, -0.1) is 0 Å². The van der Waals surface area contributed by atoms with Crippen molar-refractivity contribution in [3.63, 3.8) is 0 Å². The van der Waals surface area contributed by atoms with Gasteiger partial charge in [0.1, 0.15) is 25.0 Å². The van der Waals surface area contributed by atoms with Gasteiger partial charge in [-0.1, -0.05) is 56.3 Å². The number of aliphatic hydroxyl groups excluding tert-OH is 1. The lowest BCUT2D eigenvalue weighted by molar-refractivity contribution is -0.923. The van der Waals surface area contributed by atoms with E-state index in [0.717, 1.165) is 41.7 Å². The number of nitrogens with zero attached hydrogens (tertiary/aromatic N) is 1. The Morgan fingerprint density at radius 1 is 0.962 bits per heavy atom. The van der Waals surface area contributed by atoms with Gasteiger partial charge in [0.15, 0.2) is 0 Å². The van der Waals surface area contributed by atoms with Crippen molar-refractivity contribution in [1.29, 1.82) is 0 Å². The van der Waals surface area contributed by atoms with E-state index >= 15 is 0 Å². The highest BCUT2D eigenvalue weighted by atomic mass is 16.5. The highest BCUT2D eigenvalue weighted by molar-refractivity contribution is 5.63. The van der Waals surface area contributed by atoms with E-state index in [4.69, 9.17) is 4.74 Å². The van der Waals surface area contributed by atoms with Crippen molar-refractivity contribution in [2.75, 3.05) is 33.3 Å². The summed E-state index contributed by atoms with van der Waals surface area (Å²) in [4.78, 5) is 0. The monoisotopic (exact) mass is 354 g/mol. The lowest BCUT2D eigenvalue weighted by atomic mass is 9.90. The molecule has 3 rings (SSSR count). The van der Waals surface area contributed by atoms with Gasteiger partial charge in [-0.25, -0.2) is 0 Å². The van der Waals surface area contributed by atoms with Crippen LogP contribution >= 0.6 is 0 Å². The van der Waals surface area contributed by atoms with Gasteiger partial charge in [0.2, 0.25) is 0 Å². The molecule has 26 heavy (non-hydrogen) atoms. The van der Waals surface area contributed by atoms with Crippen molar-refractivity contribution in [2.45, 2.75) is 26.4 Å². The van der Waals surface area contributed by atoms with Crippen LogP contribution < -0.4 is 4.74 Å². The largest absolute Gasteiger partial charge is 0.491 e. The fourth-order valence-corrected chi connectivity index (χ4v) is 4.69. The molecule has 1 aliphatic heterocycles. The number of likely N-dealkylation sites (N-methyl/N-ethyl adjacent to an activating group) is 1. The van der Waals surface area contributed by atoms with E-state index in [-0.39, 0.29) is 0 Å². The zero-order valence-electron chi connectivity index (χ0n) is 16.3. The van der Waals surface area contributed by atoms with Gasteiger partial charge in [0.05, 0.1) is 20.1 Å². The molecule has 3 unspecified atom stereocenters. The molecule has 1 heterocycles. The molecule has 0 saturated carbocycles. The molecule has 1 fully saturated rings. The number of rotatable bonds is 6. The van der Waals surface area contributed by atoms with Crippen LogP contribution in [0.25, 0.3) is 11.1 Å². The fraction of sp³-hybridized carbons (Fsp3) is 0.478. The molecule has 3 atom stereocenters. The molecule has 0 radical (unpaired) electrons. The smallest absolute Gasteiger partial charge is 0.137 e. The number of quaternary nitrogens is 1. The van der Waals surface area contributed by atoms with Gasteiger partial charge in [-0.2, -0.15) is 0 Å². The maximum Gasteiger partial charge on any atom is 0.137 e. The van der Waals surface area contributed by atoms with E-state index in [1.165, 1.54) is 17.5 Å². The molecule has 0 amide bonds. The Morgan fingerprint density at radius 3 is 2.15 bits per heavy atom. The van der Waals surface area contributed by atoms with E-state index in [2.05, 4.69) is 45.2 Å². The minimum Gasteiger partial charge on any atom is -0.491 e. The maximum absolute atomic E-state index is 10.5. The van der Waals surface area contributed by atoms with Crippen LogP contribution in [0, 0.1) is 11.8 Å². The third-order valence-corrected chi connectivity index (χ3v) is 5.36. The van der Waals surface area contributed by atoms with Crippen molar-refractivity contribution < 1.29 is 14.3 Å². The number of likely N-dealkylation sites (tertiary alicyclic amines) is 1. The van der Waals surface area contributed by atoms with Gasteiger partial charge >= 0.3 is 0 Å². The molecule has 0 aromatic heterocycles. The first-order valence-electron chi connectivity index (χ1n) is 9.73. The van der Waals surface area contributed by atoms with Crippen molar-refractivity contribution in [2.24, 2.45) is 11.8 Å². The number of hydrogen-bond acceptors (Lipinski definition) is 2. The van der Waals surface area contributed by atoms with Crippen LogP contribution in [0.4, 0.5) is 0 Å². The molecule has 1 aliphatic rings. The topological polar surface area (TPSA) is 29.5 Å². The Balaban J connectivity index is 1.52. The molecule has 2 aromatic carbocycles. The van der Waals surface area contributed by atoms with E-state index < -0.39 is 6.10 Å². The summed E-state index contributed by atoms with van der Waals surface area (Å²) in [6.45, 7) is 8.05.